The second-order valence-corrected chi connectivity index (χ2v) is 2.76. The third-order valence-electron chi connectivity index (χ3n) is 1.72. The van der Waals surface area contributed by atoms with Crippen LogP contribution in [0.5, 0.6) is 0 Å². The lowest BCUT2D eigenvalue weighted by Gasteiger charge is -1.96. The molecule has 0 saturated carbocycles. The summed E-state index contributed by atoms with van der Waals surface area (Å²) >= 11 is 0. The molecule has 0 saturated heterocycles. The summed E-state index contributed by atoms with van der Waals surface area (Å²) in [5, 5.41) is 10.5. The number of allylic oxidation sites excluding steroid dienone is 1. The highest BCUT2D eigenvalue weighted by molar-refractivity contribution is 5.63. The number of halogens is 1. The number of benzene rings is 1. The molecular formula is C10H8FNO3. The number of carbonyl (C=O) groups excluding carboxylic acids is 1. The van der Waals surface area contributed by atoms with Gasteiger partial charge in [-0.05, 0) is 12.1 Å². The van der Waals surface area contributed by atoms with Crippen LogP contribution in [0, 0.1) is 15.9 Å². The maximum absolute atomic E-state index is 12.7. The molecule has 1 aromatic rings. The van der Waals surface area contributed by atoms with Gasteiger partial charge in [0.2, 0.25) is 0 Å². The topological polar surface area (TPSA) is 60.2 Å². The van der Waals surface area contributed by atoms with Crippen molar-refractivity contribution in [1.29, 1.82) is 0 Å². The van der Waals surface area contributed by atoms with Crippen LogP contribution in [-0.2, 0) is 4.79 Å². The maximum atomic E-state index is 12.7. The standard InChI is InChI=1S/C10H8FNO3/c11-9-5-4-8(3-1-2-6-13)10(7-9)12(14)15/h1,3-7H,2H2. The number of nitro groups is 1. The van der Waals surface area contributed by atoms with Crippen molar-refractivity contribution in [3.8, 4) is 0 Å². The molecule has 0 spiro atoms. The number of carbonyl (C=O) groups is 1. The quantitative estimate of drug-likeness (QED) is 0.434. The lowest BCUT2D eigenvalue weighted by atomic mass is 10.1. The minimum atomic E-state index is -0.663. The van der Waals surface area contributed by atoms with Crippen LogP contribution in [0.1, 0.15) is 12.0 Å². The molecular weight excluding hydrogens is 201 g/mol. The summed E-state index contributed by atoms with van der Waals surface area (Å²) in [7, 11) is 0. The Morgan fingerprint density at radius 1 is 1.47 bits per heavy atom. The van der Waals surface area contributed by atoms with Gasteiger partial charge in [-0.3, -0.25) is 10.1 Å². The molecule has 78 valence electrons. The summed E-state index contributed by atoms with van der Waals surface area (Å²) in [5.41, 5.74) is -0.0274. The van der Waals surface area contributed by atoms with Crippen molar-refractivity contribution < 1.29 is 14.1 Å². The predicted molar refractivity (Wildman–Crippen MR) is 52.8 cm³/mol. The van der Waals surface area contributed by atoms with Gasteiger partial charge in [0.05, 0.1) is 16.6 Å². The maximum Gasteiger partial charge on any atom is 0.279 e. The van der Waals surface area contributed by atoms with Crippen molar-refractivity contribution in [3.63, 3.8) is 0 Å². The van der Waals surface area contributed by atoms with E-state index in [1.807, 2.05) is 0 Å². The highest BCUT2D eigenvalue weighted by atomic mass is 19.1. The van der Waals surface area contributed by atoms with E-state index in [-0.39, 0.29) is 17.7 Å². The molecule has 15 heavy (non-hydrogen) atoms. The number of hydrogen-bond acceptors (Lipinski definition) is 3. The summed E-state index contributed by atoms with van der Waals surface area (Å²) in [6.07, 6.45) is 3.75. The Balaban J connectivity index is 3.05. The molecule has 4 nitrogen and oxygen atoms in total. The van der Waals surface area contributed by atoms with E-state index in [2.05, 4.69) is 0 Å². The van der Waals surface area contributed by atoms with Crippen LogP contribution in [0.2, 0.25) is 0 Å². The number of aldehydes is 1. The third-order valence-corrected chi connectivity index (χ3v) is 1.72. The third kappa shape index (κ3) is 2.98. The van der Waals surface area contributed by atoms with Crippen LogP contribution in [0.4, 0.5) is 10.1 Å². The van der Waals surface area contributed by atoms with E-state index in [4.69, 9.17) is 0 Å². The molecule has 0 heterocycles. The summed E-state index contributed by atoms with van der Waals surface area (Å²) in [5.74, 6) is -0.658. The summed E-state index contributed by atoms with van der Waals surface area (Å²) < 4.78 is 12.7. The molecule has 0 aliphatic rings. The van der Waals surface area contributed by atoms with Gasteiger partial charge in [-0.25, -0.2) is 4.39 Å². The fourth-order valence-electron chi connectivity index (χ4n) is 1.07. The van der Waals surface area contributed by atoms with Crippen LogP contribution >= 0.6 is 0 Å². The van der Waals surface area contributed by atoms with E-state index in [0.717, 1.165) is 12.1 Å². The molecule has 0 N–H and O–H groups in total. The molecule has 5 heteroatoms. The van der Waals surface area contributed by atoms with Crippen molar-refractivity contribution in [1.82, 2.24) is 0 Å². The van der Waals surface area contributed by atoms with Crippen LogP contribution in [0.15, 0.2) is 24.3 Å². The van der Waals surface area contributed by atoms with Gasteiger partial charge in [-0.15, -0.1) is 0 Å². The van der Waals surface area contributed by atoms with Gasteiger partial charge in [0.25, 0.3) is 5.69 Å². The first-order valence-corrected chi connectivity index (χ1v) is 4.19. The van der Waals surface area contributed by atoms with Gasteiger partial charge in [0.15, 0.2) is 0 Å². The van der Waals surface area contributed by atoms with Crippen LogP contribution in [0.3, 0.4) is 0 Å². The summed E-state index contributed by atoms with van der Waals surface area (Å²) in [6.45, 7) is 0. The molecule has 1 rings (SSSR count). The zero-order chi connectivity index (χ0) is 11.3. The number of hydrogen-bond donors (Lipinski definition) is 0. The van der Waals surface area contributed by atoms with Crippen molar-refractivity contribution in [2.24, 2.45) is 0 Å². The SMILES string of the molecule is O=CCC=Cc1ccc(F)cc1[N+](=O)[O-]. The second-order valence-electron chi connectivity index (χ2n) is 2.76. The highest BCUT2D eigenvalue weighted by Gasteiger charge is 2.11. The minimum Gasteiger partial charge on any atom is -0.303 e. The molecule has 0 radical (unpaired) electrons. The smallest absolute Gasteiger partial charge is 0.279 e. The first-order chi connectivity index (χ1) is 7.15. The molecule has 0 unspecified atom stereocenters. The minimum absolute atomic E-state index is 0.175. The number of nitro benzene ring substituents is 1. The molecule has 0 aliphatic heterocycles. The van der Waals surface area contributed by atoms with E-state index in [9.17, 15) is 19.3 Å². The van der Waals surface area contributed by atoms with Crippen molar-refractivity contribution >= 4 is 18.0 Å². The normalized spacial score (nSPS) is 10.5. The average Bonchev–Trinajstić information content (AvgIpc) is 2.20. The largest absolute Gasteiger partial charge is 0.303 e. The van der Waals surface area contributed by atoms with Gasteiger partial charge in [-0.2, -0.15) is 0 Å². The Kier molecular flexibility index (Phi) is 3.68. The van der Waals surface area contributed by atoms with Crippen molar-refractivity contribution in [2.75, 3.05) is 0 Å². The van der Waals surface area contributed by atoms with Crippen LogP contribution in [0.25, 0.3) is 6.08 Å². The summed E-state index contributed by atoms with van der Waals surface area (Å²) in [4.78, 5) is 19.9. The summed E-state index contributed by atoms with van der Waals surface area (Å²) in [6, 6.07) is 3.28. The number of nitrogens with zero attached hydrogens (tertiary/aromatic N) is 1. The lowest BCUT2D eigenvalue weighted by molar-refractivity contribution is -0.385. The van der Waals surface area contributed by atoms with Gasteiger partial charge in [0.1, 0.15) is 12.1 Å². The van der Waals surface area contributed by atoms with Gasteiger partial charge in [-0.1, -0.05) is 12.2 Å². The average molecular weight is 209 g/mol. The van der Waals surface area contributed by atoms with Crippen molar-refractivity contribution in [2.45, 2.75) is 6.42 Å². The van der Waals surface area contributed by atoms with Crippen molar-refractivity contribution in [3.05, 3.63) is 45.8 Å². The predicted octanol–water partition coefficient (Wildman–Crippen LogP) is 2.34. The fraction of sp³-hybridized carbons (Fsp3) is 0.100. The molecule has 1 aromatic carbocycles. The van der Waals surface area contributed by atoms with E-state index in [1.165, 1.54) is 18.2 Å². The second kappa shape index (κ2) is 4.99. The zero-order valence-corrected chi connectivity index (χ0v) is 7.72. The molecule has 0 bridgehead atoms. The number of rotatable bonds is 4. The van der Waals surface area contributed by atoms with Crippen LogP contribution < -0.4 is 0 Å². The molecule has 0 aromatic heterocycles. The Labute approximate surface area is 85.2 Å². The van der Waals surface area contributed by atoms with Gasteiger partial charge in [0, 0.05) is 6.42 Å². The first kappa shape index (κ1) is 11.0. The lowest BCUT2D eigenvalue weighted by Crippen LogP contribution is -1.92. The van der Waals surface area contributed by atoms with E-state index < -0.39 is 10.7 Å². The molecule has 0 aliphatic carbocycles. The van der Waals surface area contributed by atoms with Crippen LogP contribution in [-0.4, -0.2) is 11.2 Å². The van der Waals surface area contributed by atoms with Gasteiger partial charge < -0.3 is 4.79 Å². The Hall–Kier alpha value is -2.04. The molecule has 0 amide bonds. The Bertz CT molecular complexity index is 415. The van der Waals surface area contributed by atoms with E-state index >= 15 is 0 Å². The Morgan fingerprint density at radius 2 is 2.20 bits per heavy atom. The molecule has 0 fully saturated rings. The van der Waals surface area contributed by atoms with Gasteiger partial charge >= 0.3 is 0 Å². The van der Waals surface area contributed by atoms with E-state index in [0.29, 0.717) is 6.29 Å². The van der Waals surface area contributed by atoms with E-state index in [1.54, 1.807) is 0 Å². The zero-order valence-electron chi connectivity index (χ0n) is 7.72. The monoisotopic (exact) mass is 209 g/mol. The molecule has 0 atom stereocenters. The highest BCUT2D eigenvalue weighted by Crippen LogP contribution is 2.20. The first-order valence-electron chi connectivity index (χ1n) is 4.19. The Morgan fingerprint density at radius 3 is 2.80 bits per heavy atom. The fourth-order valence-corrected chi connectivity index (χ4v) is 1.07.